The molecule has 1 saturated heterocycles. The molecule has 0 radical (unpaired) electrons. The highest BCUT2D eigenvalue weighted by Crippen LogP contribution is 2.16. The Morgan fingerprint density at radius 1 is 1.43 bits per heavy atom. The lowest BCUT2D eigenvalue weighted by Crippen LogP contribution is -2.56. The fourth-order valence-electron chi connectivity index (χ4n) is 1.10. The highest BCUT2D eigenvalue weighted by molar-refractivity contribution is 5.76. The Labute approximate surface area is 78.3 Å². The zero-order valence-corrected chi connectivity index (χ0v) is 7.02. The molecule has 0 aromatic carbocycles. The number of cyclic esters (lactones) is 1. The van der Waals surface area contributed by atoms with E-state index in [1.165, 1.54) is 0 Å². The molecule has 0 saturated carbocycles. The first-order valence-electron chi connectivity index (χ1n) is 3.83. The van der Waals surface area contributed by atoms with Crippen LogP contribution in [0.3, 0.4) is 0 Å². The number of hydrogen-bond acceptors (Lipinski definition) is 6. The Morgan fingerprint density at radius 3 is 2.64 bits per heavy atom. The Balaban J connectivity index is 2.69. The van der Waals surface area contributed by atoms with Gasteiger partial charge in [0.15, 0.2) is 6.10 Å². The van der Waals surface area contributed by atoms with Gasteiger partial charge in [-0.2, -0.15) is 0 Å². The lowest BCUT2D eigenvalue weighted by atomic mass is 10.00. The molecule has 4 atom stereocenters. The first-order chi connectivity index (χ1) is 6.57. The number of aliphatic hydroxyl groups excluding tert-OH is 3. The van der Waals surface area contributed by atoms with E-state index >= 15 is 0 Å². The summed E-state index contributed by atoms with van der Waals surface area (Å²) in [7, 11) is 0. The Bertz CT molecular complexity index is 277. The van der Waals surface area contributed by atoms with Gasteiger partial charge in [0.2, 0.25) is 0 Å². The average Bonchev–Trinajstić information content (AvgIpc) is 2.18. The van der Waals surface area contributed by atoms with Crippen LogP contribution in [0.25, 0.3) is 10.4 Å². The van der Waals surface area contributed by atoms with Crippen molar-refractivity contribution in [3.05, 3.63) is 10.4 Å². The van der Waals surface area contributed by atoms with Gasteiger partial charge in [-0.25, -0.2) is 4.79 Å². The molecule has 0 spiro atoms. The summed E-state index contributed by atoms with van der Waals surface area (Å²) in [5.74, 6) is -1.04. The molecule has 0 bridgehead atoms. The quantitative estimate of drug-likeness (QED) is 0.213. The van der Waals surface area contributed by atoms with E-state index in [1.807, 2.05) is 0 Å². The lowest BCUT2D eigenvalue weighted by molar-refractivity contribution is -0.200. The first kappa shape index (κ1) is 10.7. The molecule has 0 amide bonds. The van der Waals surface area contributed by atoms with Crippen LogP contribution >= 0.6 is 0 Å². The number of rotatable bonds is 2. The molecule has 0 aromatic heterocycles. The zero-order valence-electron chi connectivity index (χ0n) is 7.02. The largest absolute Gasteiger partial charge is 0.457 e. The second-order valence-electron chi connectivity index (χ2n) is 2.81. The summed E-state index contributed by atoms with van der Waals surface area (Å²) < 4.78 is 4.52. The molecule has 14 heavy (non-hydrogen) atoms. The van der Waals surface area contributed by atoms with Crippen LogP contribution in [0.1, 0.15) is 0 Å². The fraction of sp³-hybridized carbons (Fsp3) is 0.833. The van der Waals surface area contributed by atoms with E-state index in [2.05, 4.69) is 14.8 Å². The molecule has 1 aliphatic heterocycles. The molecule has 0 aliphatic carbocycles. The van der Waals surface area contributed by atoms with Gasteiger partial charge in [0, 0.05) is 4.91 Å². The number of nitrogens with zero attached hydrogens (tertiary/aromatic N) is 3. The summed E-state index contributed by atoms with van der Waals surface area (Å²) >= 11 is 0. The molecular weight excluding hydrogens is 194 g/mol. The molecule has 4 unspecified atom stereocenters. The Kier molecular flexibility index (Phi) is 3.26. The minimum Gasteiger partial charge on any atom is -0.457 e. The van der Waals surface area contributed by atoms with Gasteiger partial charge in [-0.3, -0.25) is 0 Å². The van der Waals surface area contributed by atoms with Gasteiger partial charge in [-0.15, -0.1) is 0 Å². The summed E-state index contributed by atoms with van der Waals surface area (Å²) in [6.45, 7) is -0.285. The molecule has 1 aliphatic rings. The number of hydrogen-bond donors (Lipinski definition) is 3. The molecule has 8 nitrogen and oxygen atoms in total. The smallest absolute Gasteiger partial charge is 0.338 e. The van der Waals surface area contributed by atoms with Crippen LogP contribution in [-0.2, 0) is 9.53 Å². The van der Waals surface area contributed by atoms with E-state index in [1.54, 1.807) is 0 Å². The van der Waals surface area contributed by atoms with Crippen molar-refractivity contribution in [3.63, 3.8) is 0 Å². The molecular formula is C6H9N3O5. The highest BCUT2D eigenvalue weighted by Gasteiger charge is 2.43. The molecule has 1 fully saturated rings. The standard InChI is InChI=1S/C6H9N3O5/c7-9-8-1-2-3(10)4(11)5(12)6(13)14-2/h2-5,10-12H,1H2. The molecule has 1 rings (SSSR count). The van der Waals surface area contributed by atoms with Gasteiger partial charge in [0.1, 0.15) is 18.3 Å². The summed E-state index contributed by atoms with van der Waals surface area (Å²) in [6, 6.07) is 0. The summed E-state index contributed by atoms with van der Waals surface area (Å²) in [5.41, 5.74) is 7.99. The van der Waals surface area contributed by atoms with Gasteiger partial charge in [-0.1, -0.05) is 5.11 Å². The van der Waals surface area contributed by atoms with Crippen molar-refractivity contribution < 1.29 is 24.9 Å². The fourth-order valence-corrected chi connectivity index (χ4v) is 1.10. The van der Waals surface area contributed by atoms with Crippen LogP contribution in [0.4, 0.5) is 0 Å². The minimum atomic E-state index is -1.76. The number of aliphatic hydroxyl groups is 3. The van der Waals surface area contributed by atoms with E-state index in [0.717, 1.165) is 0 Å². The Hall–Kier alpha value is -1.34. The molecule has 1 heterocycles. The number of esters is 1. The topological polar surface area (TPSA) is 136 Å². The monoisotopic (exact) mass is 203 g/mol. The molecule has 78 valence electrons. The Morgan fingerprint density at radius 2 is 2.07 bits per heavy atom. The van der Waals surface area contributed by atoms with Crippen molar-refractivity contribution in [2.75, 3.05) is 6.54 Å². The van der Waals surface area contributed by atoms with Gasteiger partial charge in [0.25, 0.3) is 0 Å². The van der Waals surface area contributed by atoms with Crippen LogP contribution in [0.5, 0.6) is 0 Å². The predicted molar refractivity (Wildman–Crippen MR) is 41.9 cm³/mol. The van der Waals surface area contributed by atoms with Crippen LogP contribution in [0, 0.1) is 0 Å². The second kappa shape index (κ2) is 4.25. The van der Waals surface area contributed by atoms with Crippen molar-refractivity contribution in [2.45, 2.75) is 24.4 Å². The van der Waals surface area contributed by atoms with Gasteiger partial charge in [0.05, 0.1) is 6.54 Å². The first-order valence-corrected chi connectivity index (χ1v) is 3.83. The molecule has 3 N–H and O–H groups in total. The number of carbonyl (C=O) groups is 1. The number of ether oxygens (including phenoxy) is 1. The van der Waals surface area contributed by atoms with E-state index in [4.69, 9.17) is 15.7 Å². The van der Waals surface area contributed by atoms with Crippen molar-refractivity contribution >= 4 is 5.97 Å². The summed E-state index contributed by atoms with van der Waals surface area (Å²) in [5, 5.41) is 30.5. The van der Waals surface area contributed by atoms with Gasteiger partial charge >= 0.3 is 5.97 Å². The number of carbonyl (C=O) groups excluding carboxylic acids is 1. The summed E-state index contributed by atoms with van der Waals surface area (Å²) in [6.07, 6.45) is -5.94. The highest BCUT2D eigenvalue weighted by atomic mass is 16.6. The number of azide groups is 1. The van der Waals surface area contributed by atoms with E-state index in [-0.39, 0.29) is 6.54 Å². The van der Waals surface area contributed by atoms with Crippen LogP contribution in [-0.4, -0.2) is 52.2 Å². The average molecular weight is 203 g/mol. The molecule has 8 heteroatoms. The normalized spacial score (nSPS) is 37.2. The SMILES string of the molecule is [N-]=[N+]=NCC1OC(=O)C(O)C(O)C1O. The van der Waals surface area contributed by atoms with Gasteiger partial charge < -0.3 is 20.1 Å². The predicted octanol–water partition coefficient (Wildman–Crippen LogP) is -1.70. The van der Waals surface area contributed by atoms with Crippen LogP contribution in [0.15, 0.2) is 5.11 Å². The van der Waals surface area contributed by atoms with Crippen LogP contribution in [0.2, 0.25) is 0 Å². The molecule has 0 aromatic rings. The van der Waals surface area contributed by atoms with E-state index in [0.29, 0.717) is 0 Å². The van der Waals surface area contributed by atoms with Crippen molar-refractivity contribution in [3.8, 4) is 0 Å². The zero-order chi connectivity index (χ0) is 10.7. The minimum absolute atomic E-state index is 0.285. The van der Waals surface area contributed by atoms with E-state index in [9.17, 15) is 9.90 Å². The maximum Gasteiger partial charge on any atom is 0.338 e. The van der Waals surface area contributed by atoms with Crippen molar-refractivity contribution in [2.24, 2.45) is 5.11 Å². The van der Waals surface area contributed by atoms with Crippen molar-refractivity contribution in [1.82, 2.24) is 0 Å². The maximum absolute atomic E-state index is 10.8. The van der Waals surface area contributed by atoms with Gasteiger partial charge in [-0.05, 0) is 5.53 Å². The summed E-state index contributed by atoms with van der Waals surface area (Å²) in [4.78, 5) is 13.3. The van der Waals surface area contributed by atoms with Crippen molar-refractivity contribution in [1.29, 1.82) is 0 Å². The lowest BCUT2D eigenvalue weighted by Gasteiger charge is -2.33. The maximum atomic E-state index is 10.8. The second-order valence-corrected chi connectivity index (χ2v) is 2.81. The third-order valence-corrected chi connectivity index (χ3v) is 1.89. The van der Waals surface area contributed by atoms with E-state index < -0.39 is 30.4 Å². The van der Waals surface area contributed by atoms with Crippen LogP contribution < -0.4 is 0 Å². The third-order valence-electron chi connectivity index (χ3n) is 1.89. The third kappa shape index (κ3) is 1.94.